The van der Waals surface area contributed by atoms with Crippen molar-refractivity contribution in [3.8, 4) is 0 Å². The van der Waals surface area contributed by atoms with Crippen molar-refractivity contribution in [1.82, 2.24) is 19.6 Å². The van der Waals surface area contributed by atoms with Crippen LogP contribution in [0.3, 0.4) is 0 Å². The zero-order valence-electron chi connectivity index (χ0n) is 12.6. The highest BCUT2D eigenvalue weighted by Crippen LogP contribution is 2.10. The molecule has 0 spiro atoms. The summed E-state index contributed by atoms with van der Waals surface area (Å²) >= 11 is 0. The Morgan fingerprint density at radius 2 is 1.89 bits per heavy atom. The van der Waals surface area contributed by atoms with Gasteiger partial charge >= 0.3 is 0 Å². The summed E-state index contributed by atoms with van der Waals surface area (Å²) in [6.07, 6.45) is 2.09. The molecule has 1 aromatic rings. The van der Waals surface area contributed by atoms with Gasteiger partial charge in [-0.1, -0.05) is 13.8 Å². The van der Waals surface area contributed by atoms with Gasteiger partial charge in [-0.15, -0.1) is 0 Å². The Kier molecular flexibility index (Phi) is 6.56. The second-order valence-electron chi connectivity index (χ2n) is 4.73. The van der Waals surface area contributed by atoms with E-state index < -0.39 is 0 Å². The minimum atomic E-state index is 0.892. The van der Waals surface area contributed by atoms with E-state index in [1.807, 2.05) is 20.8 Å². The van der Waals surface area contributed by atoms with Crippen molar-refractivity contribution in [2.45, 2.75) is 40.3 Å². The maximum atomic E-state index is 9.71. The van der Waals surface area contributed by atoms with Crippen LogP contribution in [0.5, 0.6) is 0 Å². The molecule has 0 bridgehead atoms. The summed E-state index contributed by atoms with van der Waals surface area (Å²) in [5.41, 5.74) is 2.48. The third-order valence-corrected chi connectivity index (χ3v) is 3.15. The molecule has 1 amide bonds. The van der Waals surface area contributed by atoms with E-state index in [9.17, 15) is 4.79 Å². The van der Waals surface area contributed by atoms with E-state index in [1.165, 1.54) is 12.1 Å². The quantitative estimate of drug-likeness (QED) is 0.724. The minimum absolute atomic E-state index is 0.892. The van der Waals surface area contributed by atoms with Gasteiger partial charge in [0.15, 0.2) is 0 Å². The maximum absolute atomic E-state index is 9.71. The van der Waals surface area contributed by atoms with Crippen molar-refractivity contribution in [2.75, 3.05) is 26.7 Å². The Labute approximate surface area is 116 Å². The molecule has 108 valence electrons. The van der Waals surface area contributed by atoms with Gasteiger partial charge in [0.05, 0.1) is 17.9 Å². The molecule has 1 aromatic heterocycles. The Balaban J connectivity index is 0.000000192. The van der Waals surface area contributed by atoms with Crippen LogP contribution in [0.25, 0.3) is 0 Å². The van der Waals surface area contributed by atoms with Gasteiger partial charge in [0, 0.05) is 26.2 Å². The van der Waals surface area contributed by atoms with Crippen LogP contribution in [0.2, 0.25) is 0 Å². The molecule has 2 aliphatic heterocycles. The molecular formula is C14H26N4O. The normalized spacial score (nSPS) is 17.2. The van der Waals surface area contributed by atoms with Crippen LogP contribution in [0.15, 0.2) is 6.07 Å². The third-order valence-electron chi connectivity index (χ3n) is 3.15. The van der Waals surface area contributed by atoms with Crippen LogP contribution in [-0.2, 0) is 17.9 Å². The van der Waals surface area contributed by atoms with E-state index in [1.54, 1.807) is 4.90 Å². The number of nitrogens with zero attached hydrogens (tertiary/aromatic N) is 4. The highest BCUT2D eigenvalue weighted by Gasteiger charge is 2.13. The summed E-state index contributed by atoms with van der Waals surface area (Å²) in [6.45, 7) is 11.2. The van der Waals surface area contributed by atoms with Crippen LogP contribution in [0.4, 0.5) is 0 Å². The number of aromatic nitrogens is 2. The summed E-state index contributed by atoms with van der Waals surface area (Å²) in [4.78, 5) is 13.8. The molecule has 0 atom stereocenters. The number of fused-ring (bicyclic) bond motifs is 1. The maximum Gasteiger partial charge on any atom is 0.209 e. The topological polar surface area (TPSA) is 41.4 Å². The average Bonchev–Trinajstić information content (AvgIpc) is 2.70. The molecule has 0 aliphatic carbocycles. The van der Waals surface area contributed by atoms with Gasteiger partial charge in [-0.3, -0.25) is 14.4 Å². The first-order valence-corrected chi connectivity index (χ1v) is 7.10. The lowest BCUT2D eigenvalue weighted by atomic mass is 10.2. The lowest BCUT2D eigenvalue weighted by Gasteiger charge is -2.25. The van der Waals surface area contributed by atoms with Gasteiger partial charge in [0.25, 0.3) is 0 Å². The van der Waals surface area contributed by atoms with Crippen molar-refractivity contribution in [1.29, 1.82) is 0 Å². The van der Waals surface area contributed by atoms with Gasteiger partial charge < -0.3 is 4.90 Å². The van der Waals surface area contributed by atoms with E-state index in [4.69, 9.17) is 0 Å². The van der Waals surface area contributed by atoms with Crippen molar-refractivity contribution in [3.05, 3.63) is 17.5 Å². The van der Waals surface area contributed by atoms with E-state index in [-0.39, 0.29) is 0 Å². The van der Waals surface area contributed by atoms with Crippen LogP contribution in [-0.4, -0.2) is 52.7 Å². The molecule has 0 unspecified atom stereocenters. The fraction of sp³-hybridized carbons (Fsp3) is 0.714. The van der Waals surface area contributed by atoms with Crippen molar-refractivity contribution in [2.24, 2.45) is 0 Å². The number of hydrogen-bond donors (Lipinski definition) is 0. The average molecular weight is 266 g/mol. The SMILES string of the molecule is CC.Cc1cc2n(n1)CCN(C)C2.O=CN1CCC1. The fourth-order valence-corrected chi connectivity index (χ4v) is 1.99. The van der Waals surface area contributed by atoms with E-state index in [0.29, 0.717) is 0 Å². The standard InChI is InChI=1S/C8H13N3.C4H7NO.C2H6/c1-7-5-8-6-10(2)3-4-11(8)9-7;6-4-5-2-1-3-5;1-2/h5H,3-4,6H2,1-2H3;4H,1-3H2;1-2H3. The van der Waals surface area contributed by atoms with E-state index in [0.717, 1.165) is 44.8 Å². The minimum Gasteiger partial charge on any atom is -0.345 e. The molecule has 5 nitrogen and oxygen atoms in total. The van der Waals surface area contributed by atoms with Gasteiger partial charge in [0.2, 0.25) is 6.41 Å². The second-order valence-corrected chi connectivity index (χ2v) is 4.73. The molecule has 3 rings (SSSR count). The van der Waals surface area contributed by atoms with E-state index in [2.05, 4.69) is 27.8 Å². The Morgan fingerprint density at radius 1 is 1.21 bits per heavy atom. The van der Waals surface area contributed by atoms with Gasteiger partial charge in [-0.05, 0) is 26.5 Å². The van der Waals surface area contributed by atoms with Gasteiger partial charge in [0.1, 0.15) is 0 Å². The van der Waals surface area contributed by atoms with E-state index >= 15 is 0 Å². The Bertz CT molecular complexity index is 385. The van der Waals surface area contributed by atoms with Gasteiger partial charge in [-0.25, -0.2) is 0 Å². The molecule has 0 radical (unpaired) electrons. The number of hydrogen-bond acceptors (Lipinski definition) is 3. The van der Waals surface area contributed by atoms with Crippen LogP contribution < -0.4 is 0 Å². The van der Waals surface area contributed by atoms with Crippen molar-refractivity contribution < 1.29 is 4.79 Å². The van der Waals surface area contributed by atoms with Crippen molar-refractivity contribution >= 4 is 6.41 Å². The Morgan fingerprint density at radius 3 is 2.37 bits per heavy atom. The molecule has 5 heteroatoms. The number of carbonyl (C=O) groups is 1. The number of aryl methyl sites for hydroxylation is 1. The highest BCUT2D eigenvalue weighted by molar-refractivity contribution is 5.48. The predicted octanol–water partition coefficient (Wildman–Crippen LogP) is 1.51. The molecule has 2 aliphatic rings. The summed E-state index contributed by atoms with van der Waals surface area (Å²) < 4.78 is 2.11. The summed E-state index contributed by atoms with van der Waals surface area (Å²) in [5, 5.41) is 4.38. The fourth-order valence-electron chi connectivity index (χ4n) is 1.99. The molecule has 0 saturated carbocycles. The zero-order valence-corrected chi connectivity index (χ0v) is 12.6. The molecule has 19 heavy (non-hydrogen) atoms. The molecule has 1 saturated heterocycles. The van der Waals surface area contributed by atoms with Crippen molar-refractivity contribution in [3.63, 3.8) is 0 Å². The number of amides is 1. The number of carbonyl (C=O) groups excluding carboxylic acids is 1. The highest BCUT2D eigenvalue weighted by atomic mass is 16.1. The first-order valence-electron chi connectivity index (χ1n) is 7.10. The van der Waals surface area contributed by atoms with Crippen LogP contribution in [0.1, 0.15) is 31.7 Å². The first-order chi connectivity index (χ1) is 9.19. The summed E-state index contributed by atoms with van der Waals surface area (Å²) in [7, 11) is 2.14. The van der Waals surface area contributed by atoms with Crippen LogP contribution in [0, 0.1) is 6.92 Å². The number of likely N-dealkylation sites (tertiary alicyclic amines) is 1. The molecule has 1 fully saturated rings. The Hall–Kier alpha value is -1.36. The van der Waals surface area contributed by atoms with Gasteiger partial charge in [-0.2, -0.15) is 5.10 Å². The summed E-state index contributed by atoms with van der Waals surface area (Å²) in [5.74, 6) is 0. The lowest BCUT2D eigenvalue weighted by Crippen LogP contribution is -2.35. The largest absolute Gasteiger partial charge is 0.345 e. The lowest BCUT2D eigenvalue weighted by molar-refractivity contribution is -0.121. The molecule has 0 N–H and O–H groups in total. The molecule has 3 heterocycles. The van der Waals surface area contributed by atoms with Crippen LogP contribution >= 0.6 is 0 Å². The molecule has 0 aromatic carbocycles. The number of likely N-dealkylation sites (N-methyl/N-ethyl adjacent to an activating group) is 1. The predicted molar refractivity (Wildman–Crippen MR) is 76.9 cm³/mol. The second kappa shape index (κ2) is 7.94. The first kappa shape index (κ1) is 15.7. The number of rotatable bonds is 1. The third kappa shape index (κ3) is 4.67. The molecular weight excluding hydrogens is 240 g/mol. The summed E-state index contributed by atoms with van der Waals surface area (Å²) in [6, 6.07) is 2.16. The monoisotopic (exact) mass is 266 g/mol. The zero-order chi connectivity index (χ0) is 14.3. The smallest absolute Gasteiger partial charge is 0.209 e.